The van der Waals surface area contributed by atoms with Crippen LogP contribution >= 0.6 is 0 Å². The fourth-order valence-electron chi connectivity index (χ4n) is 3.31. The first-order chi connectivity index (χ1) is 8.34. The number of fused-ring (bicyclic) bond motifs is 3. The maximum absolute atomic E-state index is 2.33. The van der Waals surface area contributed by atoms with Gasteiger partial charge in [0.1, 0.15) is 0 Å². The van der Waals surface area contributed by atoms with Crippen LogP contribution in [0.1, 0.15) is 16.7 Å². The monoisotopic (exact) mass is 218 g/mol. The third-order valence-electron chi connectivity index (χ3n) is 4.07. The second-order valence-electron chi connectivity index (χ2n) is 5.12. The molecule has 3 aliphatic carbocycles. The highest BCUT2D eigenvalue weighted by atomic mass is 14.4. The Kier molecular flexibility index (Phi) is 1.69. The maximum atomic E-state index is 2.33. The third-order valence-corrected chi connectivity index (χ3v) is 4.07. The van der Waals surface area contributed by atoms with Gasteiger partial charge in [-0.1, -0.05) is 60.2 Å². The van der Waals surface area contributed by atoms with Crippen LogP contribution in [-0.2, 0) is 0 Å². The van der Waals surface area contributed by atoms with Gasteiger partial charge in [0.25, 0.3) is 0 Å². The lowest BCUT2D eigenvalue weighted by atomic mass is 9.78. The summed E-state index contributed by atoms with van der Waals surface area (Å²) in [4.78, 5) is 0. The third kappa shape index (κ3) is 1.13. The number of aryl methyl sites for hydroxylation is 1. The molecule has 0 heteroatoms. The van der Waals surface area contributed by atoms with Gasteiger partial charge in [-0.15, -0.1) is 0 Å². The SMILES string of the molecule is Cc1ccc2c(c1)C1=CC=CC3C=CC=C2C13. The van der Waals surface area contributed by atoms with Gasteiger partial charge in [-0.05, 0) is 29.2 Å². The Balaban J connectivity index is 2.05. The zero-order chi connectivity index (χ0) is 11.4. The molecule has 0 saturated heterocycles. The minimum Gasteiger partial charge on any atom is -0.0767 e. The molecule has 0 spiro atoms. The van der Waals surface area contributed by atoms with Crippen molar-refractivity contribution in [3.8, 4) is 0 Å². The quantitative estimate of drug-likeness (QED) is 0.613. The molecular weight excluding hydrogens is 204 g/mol. The molecule has 17 heavy (non-hydrogen) atoms. The van der Waals surface area contributed by atoms with Crippen LogP contribution in [0.25, 0.3) is 11.1 Å². The van der Waals surface area contributed by atoms with E-state index in [9.17, 15) is 0 Å². The molecule has 82 valence electrons. The molecule has 3 aliphatic rings. The van der Waals surface area contributed by atoms with Crippen molar-refractivity contribution in [1.29, 1.82) is 0 Å². The molecule has 0 nitrogen and oxygen atoms in total. The Labute approximate surface area is 102 Å². The molecule has 0 amide bonds. The molecule has 0 saturated carbocycles. The summed E-state index contributed by atoms with van der Waals surface area (Å²) in [6.45, 7) is 2.17. The van der Waals surface area contributed by atoms with E-state index in [-0.39, 0.29) is 0 Å². The summed E-state index contributed by atoms with van der Waals surface area (Å²) in [5.74, 6) is 1.13. The number of benzene rings is 1. The van der Waals surface area contributed by atoms with Gasteiger partial charge in [0.05, 0.1) is 0 Å². The van der Waals surface area contributed by atoms with Gasteiger partial charge in [-0.3, -0.25) is 0 Å². The Morgan fingerprint density at radius 1 is 0.882 bits per heavy atom. The van der Waals surface area contributed by atoms with E-state index in [2.05, 4.69) is 61.6 Å². The normalized spacial score (nSPS) is 27.4. The molecule has 0 N–H and O–H groups in total. The van der Waals surface area contributed by atoms with Gasteiger partial charge in [0, 0.05) is 11.8 Å². The first kappa shape index (κ1) is 9.23. The molecule has 0 fully saturated rings. The van der Waals surface area contributed by atoms with E-state index in [1.54, 1.807) is 0 Å². The average molecular weight is 218 g/mol. The lowest BCUT2D eigenvalue weighted by Gasteiger charge is -2.25. The van der Waals surface area contributed by atoms with Crippen LogP contribution in [0.4, 0.5) is 0 Å². The first-order valence-electron chi connectivity index (χ1n) is 6.23. The molecule has 0 heterocycles. The number of hydrogen-bond acceptors (Lipinski definition) is 0. The van der Waals surface area contributed by atoms with E-state index < -0.39 is 0 Å². The minimum atomic E-state index is 0.558. The van der Waals surface area contributed by atoms with E-state index in [4.69, 9.17) is 0 Å². The van der Waals surface area contributed by atoms with Crippen LogP contribution < -0.4 is 0 Å². The summed E-state index contributed by atoms with van der Waals surface area (Å²) in [6.07, 6.45) is 13.6. The van der Waals surface area contributed by atoms with Crippen LogP contribution in [0.5, 0.6) is 0 Å². The fraction of sp³-hybridized carbons (Fsp3) is 0.176. The van der Waals surface area contributed by atoms with Crippen LogP contribution in [0.15, 0.2) is 54.7 Å². The largest absolute Gasteiger partial charge is 0.0767 e. The van der Waals surface area contributed by atoms with Gasteiger partial charge in [-0.2, -0.15) is 0 Å². The summed E-state index contributed by atoms with van der Waals surface area (Å²) >= 11 is 0. The molecule has 0 aromatic heterocycles. The molecule has 2 unspecified atom stereocenters. The van der Waals surface area contributed by atoms with Gasteiger partial charge in [-0.25, -0.2) is 0 Å². The van der Waals surface area contributed by atoms with Crippen LogP contribution in [0.2, 0.25) is 0 Å². The first-order valence-corrected chi connectivity index (χ1v) is 6.23. The van der Waals surface area contributed by atoms with Gasteiger partial charge in [0.15, 0.2) is 0 Å². The Bertz CT molecular complexity index is 623. The predicted octanol–water partition coefficient (Wildman–Crippen LogP) is 4.15. The zero-order valence-corrected chi connectivity index (χ0v) is 9.85. The highest BCUT2D eigenvalue weighted by Gasteiger charge is 2.37. The molecule has 1 aromatic rings. The molecular formula is C17H14. The average Bonchev–Trinajstić information content (AvgIpc) is 2.67. The summed E-state index contributed by atoms with van der Waals surface area (Å²) in [7, 11) is 0. The number of rotatable bonds is 0. The summed E-state index contributed by atoms with van der Waals surface area (Å²) < 4.78 is 0. The van der Waals surface area contributed by atoms with Gasteiger partial charge < -0.3 is 0 Å². The van der Waals surface area contributed by atoms with E-state index in [1.165, 1.54) is 27.8 Å². The lowest BCUT2D eigenvalue weighted by molar-refractivity contribution is 0.707. The standard InChI is InChI=1S/C17H14/c1-11-8-9-13-14-6-2-4-12-5-3-7-15(17(12)14)16(13)10-11/h2-10,12,17H,1H3. The van der Waals surface area contributed by atoms with Crippen molar-refractivity contribution in [1.82, 2.24) is 0 Å². The van der Waals surface area contributed by atoms with Crippen molar-refractivity contribution in [2.45, 2.75) is 6.92 Å². The summed E-state index contributed by atoms with van der Waals surface area (Å²) in [5.41, 5.74) is 7.24. The van der Waals surface area contributed by atoms with Crippen LogP contribution in [-0.4, -0.2) is 0 Å². The van der Waals surface area contributed by atoms with Crippen molar-refractivity contribution < 1.29 is 0 Å². The van der Waals surface area contributed by atoms with Crippen molar-refractivity contribution in [2.75, 3.05) is 0 Å². The zero-order valence-electron chi connectivity index (χ0n) is 9.85. The van der Waals surface area contributed by atoms with E-state index in [0.717, 1.165) is 0 Å². The van der Waals surface area contributed by atoms with Crippen molar-refractivity contribution >= 4 is 11.1 Å². The highest BCUT2D eigenvalue weighted by Crippen LogP contribution is 2.52. The van der Waals surface area contributed by atoms with Crippen LogP contribution in [0, 0.1) is 18.8 Å². The molecule has 1 aromatic carbocycles. The molecule has 4 rings (SSSR count). The topological polar surface area (TPSA) is 0 Å². The fourth-order valence-corrected chi connectivity index (χ4v) is 3.31. The van der Waals surface area contributed by atoms with Crippen LogP contribution in [0.3, 0.4) is 0 Å². The van der Waals surface area contributed by atoms with Crippen molar-refractivity contribution in [3.63, 3.8) is 0 Å². The van der Waals surface area contributed by atoms with E-state index in [1.807, 2.05) is 0 Å². The highest BCUT2D eigenvalue weighted by molar-refractivity contribution is 5.97. The summed E-state index contributed by atoms with van der Waals surface area (Å²) in [6, 6.07) is 6.83. The second-order valence-corrected chi connectivity index (χ2v) is 5.12. The molecule has 0 radical (unpaired) electrons. The maximum Gasteiger partial charge on any atom is 0.0199 e. The predicted molar refractivity (Wildman–Crippen MR) is 72.4 cm³/mol. The second kappa shape index (κ2) is 3.10. The summed E-state index contributed by atoms with van der Waals surface area (Å²) in [5, 5.41) is 0. The Hall–Kier alpha value is -1.82. The lowest BCUT2D eigenvalue weighted by Crippen LogP contribution is -2.13. The van der Waals surface area contributed by atoms with Gasteiger partial charge >= 0.3 is 0 Å². The van der Waals surface area contributed by atoms with Crippen molar-refractivity contribution in [2.24, 2.45) is 11.8 Å². The minimum absolute atomic E-state index is 0.558. The van der Waals surface area contributed by atoms with Crippen molar-refractivity contribution in [3.05, 3.63) is 71.3 Å². The van der Waals surface area contributed by atoms with Gasteiger partial charge in [0.2, 0.25) is 0 Å². The van der Waals surface area contributed by atoms with E-state index in [0.29, 0.717) is 11.8 Å². The number of allylic oxidation sites excluding steroid dienone is 8. The smallest absolute Gasteiger partial charge is 0.0199 e. The molecule has 0 aliphatic heterocycles. The Morgan fingerprint density at radius 2 is 1.59 bits per heavy atom. The Morgan fingerprint density at radius 3 is 2.35 bits per heavy atom. The molecule has 2 atom stereocenters. The van der Waals surface area contributed by atoms with E-state index >= 15 is 0 Å². The molecule has 0 bridgehead atoms. The number of hydrogen-bond donors (Lipinski definition) is 0.